The number of aliphatic hydroxyl groups is 1. The monoisotopic (exact) mass is 377 g/mol. The summed E-state index contributed by atoms with van der Waals surface area (Å²) in [5.41, 5.74) is 1.52. The zero-order valence-corrected chi connectivity index (χ0v) is 14.5. The highest BCUT2D eigenvalue weighted by Crippen LogP contribution is 2.42. The Bertz CT molecular complexity index is 933. The lowest BCUT2D eigenvalue weighted by atomic mass is 10.1. The summed E-state index contributed by atoms with van der Waals surface area (Å²) >= 11 is 0. The highest BCUT2D eigenvalue weighted by Gasteiger charge is 2.43. The Morgan fingerprint density at radius 3 is 2.67 bits per heavy atom. The number of aliphatic hydroxyl groups excluding tert-OH is 1. The number of alkyl halides is 2. The maximum atomic E-state index is 13.1. The van der Waals surface area contributed by atoms with Crippen molar-refractivity contribution >= 4 is 22.8 Å². The van der Waals surface area contributed by atoms with Crippen LogP contribution in [0.5, 0.6) is 11.5 Å². The number of carbonyl (C=O) groups excluding carboxylic acids is 1. The third-order valence-electron chi connectivity index (χ3n) is 3.87. The third kappa shape index (κ3) is 3.82. The summed E-state index contributed by atoms with van der Waals surface area (Å²) in [6.07, 6.45) is -0.375. The smallest absolute Gasteiger partial charge is 0.395 e. The lowest BCUT2D eigenvalue weighted by Crippen LogP contribution is -2.25. The first-order valence-electron chi connectivity index (χ1n) is 7.98. The van der Waals surface area contributed by atoms with E-state index in [-0.39, 0.29) is 23.2 Å². The van der Waals surface area contributed by atoms with Crippen molar-refractivity contribution in [2.75, 3.05) is 5.32 Å². The van der Waals surface area contributed by atoms with Gasteiger partial charge in [-0.05, 0) is 19.9 Å². The van der Waals surface area contributed by atoms with E-state index < -0.39 is 12.5 Å². The summed E-state index contributed by atoms with van der Waals surface area (Å²) in [4.78, 5) is 18.5. The minimum atomic E-state index is -3.71. The normalized spacial score (nSPS) is 17.1. The molecule has 3 N–H and O–H groups in total. The molecule has 1 atom stereocenters. The van der Waals surface area contributed by atoms with E-state index in [1.165, 1.54) is 31.2 Å². The number of carbonyl (C=O) groups is 1. The van der Waals surface area contributed by atoms with Crippen LogP contribution in [0.2, 0.25) is 0 Å². The molecule has 0 radical (unpaired) electrons. The maximum absolute atomic E-state index is 13.1. The Balaban J connectivity index is 1.83. The van der Waals surface area contributed by atoms with Crippen molar-refractivity contribution in [2.45, 2.75) is 26.4 Å². The quantitative estimate of drug-likeness (QED) is 0.406. The predicted octanol–water partition coefficient (Wildman–Crippen LogP) is 3.26. The first-order valence-corrected chi connectivity index (χ1v) is 7.98. The van der Waals surface area contributed by atoms with Crippen molar-refractivity contribution in [3.63, 3.8) is 0 Å². The minimum absolute atomic E-state index is 0.117. The molecular weight excluding hydrogens is 360 g/mol. The van der Waals surface area contributed by atoms with Crippen LogP contribution >= 0.6 is 0 Å². The molecule has 0 saturated carbocycles. The van der Waals surface area contributed by atoms with E-state index >= 15 is 0 Å². The topological polar surface area (TPSA) is 96.5 Å². The molecule has 0 amide bonds. The van der Waals surface area contributed by atoms with Crippen molar-refractivity contribution in [1.82, 2.24) is 9.97 Å². The van der Waals surface area contributed by atoms with E-state index in [1.54, 1.807) is 13.0 Å². The van der Waals surface area contributed by atoms with Gasteiger partial charge in [0.15, 0.2) is 23.5 Å². The van der Waals surface area contributed by atoms with Gasteiger partial charge in [-0.3, -0.25) is 4.79 Å². The molecule has 1 aliphatic heterocycles. The number of hydrogen-bond donors (Lipinski definition) is 3. The molecule has 3 rings (SSSR count). The van der Waals surface area contributed by atoms with Crippen molar-refractivity contribution in [3.8, 4) is 11.5 Å². The summed E-state index contributed by atoms with van der Waals surface area (Å²) in [7, 11) is 0. The number of Topliss-reactive ketones (excluding diaryl/α,β-unsaturated/α-hetero) is 1. The second-order valence-electron chi connectivity index (χ2n) is 5.76. The van der Waals surface area contributed by atoms with Crippen LogP contribution in [-0.2, 0) is 4.79 Å². The van der Waals surface area contributed by atoms with Gasteiger partial charge >= 0.3 is 6.29 Å². The van der Waals surface area contributed by atoms with Gasteiger partial charge < -0.3 is 24.9 Å². The number of aromatic amines is 1. The predicted molar refractivity (Wildman–Crippen MR) is 94.6 cm³/mol. The second-order valence-corrected chi connectivity index (χ2v) is 5.76. The van der Waals surface area contributed by atoms with Crippen molar-refractivity contribution < 1.29 is 28.2 Å². The molecule has 27 heavy (non-hydrogen) atoms. The molecule has 0 aliphatic carbocycles. The number of halogens is 2. The highest BCUT2D eigenvalue weighted by molar-refractivity contribution is 5.96. The number of anilines is 1. The van der Waals surface area contributed by atoms with Crippen molar-refractivity contribution in [1.29, 1.82) is 0 Å². The third-order valence-corrected chi connectivity index (χ3v) is 3.87. The Morgan fingerprint density at radius 2 is 2.07 bits per heavy atom. The molecule has 1 aromatic heterocycles. The molecule has 0 bridgehead atoms. The van der Waals surface area contributed by atoms with E-state index in [9.17, 15) is 18.7 Å². The molecule has 1 aromatic carbocycles. The largest absolute Gasteiger partial charge is 0.586 e. The SMILES string of the molecule is C=C/C(=C\C(=C/C)C(C)=O)C(O)Nc1nc2cc3c(cc2[nH]1)OC(F)(F)O3. The highest BCUT2D eigenvalue weighted by atomic mass is 19.3. The Kier molecular flexibility index (Phi) is 4.71. The van der Waals surface area contributed by atoms with Gasteiger partial charge in [0.25, 0.3) is 0 Å². The van der Waals surface area contributed by atoms with Crippen LogP contribution in [-0.4, -0.2) is 33.4 Å². The molecular formula is C18H17F2N3O4. The molecule has 1 aliphatic rings. The number of benzene rings is 1. The fourth-order valence-electron chi connectivity index (χ4n) is 2.55. The van der Waals surface area contributed by atoms with E-state index in [1.807, 2.05) is 0 Å². The number of fused-ring (bicyclic) bond motifs is 2. The number of nitrogens with zero attached hydrogens (tertiary/aromatic N) is 1. The molecule has 1 unspecified atom stereocenters. The maximum Gasteiger partial charge on any atom is 0.586 e. The number of imidazole rings is 1. The average molecular weight is 377 g/mol. The fraction of sp³-hybridized carbons (Fsp3) is 0.222. The van der Waals surface area contributed by atoms with Crippen LogP contribution in [0, 0.1) is 0 Å². The van der Waals surface area contributed by atoms with E-state index in [2.05, 4.69) is 31.3 Å². The summed E-state index contributed by atoms with van der Waals surface area (Å²) in [6.45, 7) is 6.75. The molecule has 9 heteroatoms. The van der Waals surface area contributed by atoms with E-state index in [0.717, 1.165) is 0 Å². The zero-order chi connectivity index (χ0) is 19.8. The molecule has 0 fully saturated rings. The summed E-state index contributed by atoms with van der Waals surface area (Å²) in [6, 6.07) is 2.63. The fourth-order valence-corrected chi connectivity index (χ4v) is 2.55. The van der Waals surface area contributed by atoms with Gasteiger partial charge in [0.1, 0.15) is 0 Å². The molecule has 0 saturated heterocycles. The van der Waals surface area contributed by atoms with Crippen LogP contribution in [0.15, 0.2) is 48.1 Å². The Hall–Kier alpha value is -3.20. The number of rotatable bonds is 6. The average Bonchev–Trinajstić information content (AvgIpc) is 3.09. The molecule has 2 aromatic rings. The lowest BCUT2D eigenvalue weighted by molar-refractivity contribution is -0.286. The van der Waals surface area contributed by atoms with Gasteiger partial charge in [0.2, 0.25) is 5.95 Å². The van der Waals surface area contributed by atoms with Crippen molar-refractivity contribution in [3.05, 3.63) is 48.1 Å². The number of allylic oxidation sites excluding steroid dienone is 3. The Morgan fingerprint density at radius 1 is 1.41 bits per heavy atom. The van der Waals surface area contributed by atoms with Gasteiger partial charge in [-0.2, -0.15) is 0 Å². The molecule has 142 valence electrons. The van der Waals surface area contributed by atoms with Crippen LogP contribution in [0.4, 0.5) is 14.7 Å². The summed E-state index contributed by atoms with van der Waals surface area (Å²) < 4.78 is 35.0. The standard InChI is InChI=1S/C18H17F2N3O4/c1-4-10(9(3)24)6-11(5-2)16(25)23-17-21-12-7-14-15(8-13(12)22-17)27-18(19,20)26-14/h4-8,16,25H,2H2,1,3H3,(H2,21,22,23)/b10-4+,11-6+. The first kappa shape index (κ1) is 18.6. The zero-order valence-electron chi connectivity index (χ0n) is 14.5. The second kappa shape index (κ2) is 6.84. The number of aromatic nitrogens is 2. The van der Waals surface area contributed by atoms with Crippen LogP contribution in [0.1, 0.15) is 13.8 Å². The van der Waals surface area contributed by atoms with Crippen LogP contribution in [0.3, 0.4) is 0 Å². The van der Waals surface area contributed by atoms with Gasteiger partial charge in [-0.1, -0.05) is 18.7 Å². The summed E-state index contributed by atoms with van der Waals surface area (Å²) in [5, 5.41) is 13.1. The number of nitrogens with one attached hydrogen (secondary N) is 2. The van der Waals surface area contributed by atoms with Gasteiger partial charge in [-0.25, -0.2) is 4.98 Å². The van der Waals surface area contributed by atoms with Crippen LogP contribution in [0.25, 0.3) is 11.0 Å². The van der Waals surface area contributed by atoms with Gasteiger partial charge in [0.05, 0.1) is 11.0 Å². The Labute approximate surface area is 153 Å². The van der Waals surface area contributed by atoms with Gasteiger partial charge in [-0.15, -0.1) is 8.78 Å². The number of ether oxygens (including phenoxy) is 2. The summed E-state index contributed by atoms with van der Waals surface area (Å²) in [5.74, 6) is -0.212. The number of hydrogen-bond acceptors (Lipinski definition) is 6. The van der Waals surface area contributed by atoms with E-state index in [4.69, 9.17) is 0 Å². The lowest BCUT2D eigenvalue weighted by Gasteiger charge is -2.13. The first-order chi connectivity index (χ1) is 12.7. The minimum Gasteiger partial charge on any atom is -0.395 e. The molecule has 2 heterocycles. The number of H-pyrrole nitrogens is 1. The molecule has 0 spiro atoms. The van der Waals surface area contributed by atoms with Gasteiger partial charge in [0, 0.05) is 23.3 Å². The van der Waals surface area contributed by atoms with Crippen molar-refractivity contribution in [2.24, 2.45) is 0 Å². The van der Waals surface area contributed by atoms with Crippen LogP contribution < -0.4 is 14.8 Å². The number of ketones is 1. The molecule has 7 nitrogen and oxygen atoms in total. The van der Waals surface area contributed by atoms with E-state index in [0.29, 0.717) is 22.2 Å².